The maximum absolute atomic E-state index is 13.6. The maximum Gasteiger partial charge on any atom is 0.388 e. The van der Waals surface area contributed by atoms with E-state index in [-0.39, 0.29) is 36.5 Å². The SMILES string of the molecule is CC12CN(C(=O)c3ccc4c(c3)OC([N+](=O)[O-])CO4)CC(C)(CN(C(=O)c3ccc4c(c3)OC([N+](=O)[O-])CO4)C1)C2. The van der Waals surface area contributed by atoms with Crippen LogP contribution in [-0.4, -0.2) is 83.3 Å². The molecular weight excluding hydrogens is 540 g/mol. The molecule has 216 valence electrons. The van der Waals surface area contributed by atoms with Gasteiger partial charge in [-0.3, -0.25) is 29.8 Å². The van der Waals surface area contributed by atoms with Gasteiger partial charge in [0.25, 0.3) is 11.8 Å². The molecule has 14 nitrogen and oxygen atoms in total. The van der Waals surface area contributed by atoms with Crippen LogP contribution in [0.1, 0.15) is 41.0 Å². The Hall–Kier alpha value is -4.62. The van der Waals surface area contributed by atoms with Gasteiger partial charge < -0.3 is 28.7 Å². The summed E-state index contributed by atoms with van der Waals surface area (Å²) in [5.41, 5.74) is -0.126. The Labute approximate surface area is 234 Å². The first-order valence-corrected chi connectivity index (χ1v) is 13.1. The Balaban J connectivity index is 1.18. The number of carbonyl (C=O) groups excluding carboxylic acids is 2. The van der Waals surface area contributed by atoms with Gasteiger partial charge in [0.05, 0.1) is 9.85 Å². The number of rotatable bonds is 4. The average Bonchev–Trinajstić information content (AvgIpc) is 2.93. The number of hydrogen-bond donors (Lipinski definition) is 0. The summed E-state index contributed by atoms with van der Waals surface area (Å²) in [4.78, 5) is 51.9. The normalized spacial score (nSPS) is 28.0. The smallest absolute Gasteiger partial charge is 0.388 e. The van der Waals surface area contributed by atoms with Crippen molar-refractivity contribution in [1.29, 1.82) is 0 Å². The van der Waals surface area contributed by atoms with E-state index >= 15 is 0 Å². The molecule has 0 radical (unpaired) electrons. The molecule has 0 aliphatic carbocycles. The molecule has 4 aliphatic rings. The van der Waals surface area contributed by atoms with Gasteiger partial charge >= 0.3 is 12.5 Å². The molecule has 4 aliphatic heterocycles. The number of nitro groups is 2. The van der Waals surface area contributed by atoms with Crippen LogP contribution in [0.15, 0.2) is 36.4 Å². The number of amides is 2. The van der Waals surface area contributed by atoms with Gasteiger partial charge in [-0.1, -0.05) is 13.8 Å². The highest BCUT2D eigenvalue weighted by Gasteiger charge is 2.51. The number of ether oxygens (including phenoxy) is 4. The first-order valence-electron chi connectivity index (χ1n) is 13.1. The van der Waals surface area contributed by atoms with E-state index < -0.39 is 33.1 Å². The molecule has 0 N–H and O–H groups in total. The average molecular weight is 569 g/mol. The van der Waals surface area contributed by atoms with Crippen LogP contribution in [0.5, 0.6) is 23.0 Å². The van der Waals surface area contributed by atoms with Crippen LogP contribution in [0.2, 0.25) is 0 Å². The first kappa shape index (κ1) is 26.6. The quantitative estimate of drug-likeness (QED) is 0.395. The zero-order valence-electron chi connectivity index (χ0n) is 22.4. The number of likely N-dealkylation sites (tertiary alicyclic amines) is 2. The fourth-order valence-electron chi connectivity index (χ4n) is 6.56. The van der Waals surface area contributed by atoms with Gasteiger partial charge in [-0.05, 0) is 42.8 Å². The summed E-state index contributed by atoms with van der Waals surface area (Å²) in [5.74, 6) is 0.526. The largest absolute Gasteiger partial charge is 0.478 e. The van der Waals surface area contributed by atoms with Gasteiger partial charge in [0.15, 0.2) is 36.2 Å². The van der Waals surface area contributed by atoms with E-state index in [1.807, 2.05) is 13.8 Å². The minimum Gasteiger partial charge on any atom is -0.478 e. The topological polar surface area (TPSA) is 164 Å². The molecule has 2 aromatic rings. The molecule has 0 saturated carbocycles. The van der Waals surface area contributed by atoms with E-state index in [4.69, 9.17) is 18.9 Å². The van der Waals surface area contributed by atoms with Crippen molar-refractivity contribution < 1.29 is 38.4 Å². The van der Waals surface area contributed by atoms with E-state index in [1.165, 1.54) is 12.1 Å². The van der Waals surface area contributed by atoms with Gasteiger partial charge in [0.1, 0.15) is 0 Å². The predicted molar refractivity (Wildman–Crippen MR) is 139 cm³/mol. The molecule has 2 atom stereocenters. The highest BCUT2D eigenvalue weighted by atomic mass is 16.7. The molecule has 2 saturated heterocycles. The van der Waals surface area contributed by atoms with E-state index in [0.29, 0.717) is 48.8 Å². The molecule has 0 aromatic heterocycles. The Kier molecular flexibility index (Phi) is 6.16. The van der Waals surface area contributed by atoms with Gasteiger partial charge in [0.2, 0.25) is 0 Å². The third kappa shape index (κ3) is 4.93. The molecule has 14 heteroatoms. The Morgan fingerprint density at radius 2 is 1.12 bits per heavy atom. The first-order chi connectivity index (χ1) is 19.4. The third-order valence-corrected chi connectivity index (χ3v) is 7.86. The van der Waals surface area contributed by atoms with Crippen LogP contribution in [-0.2, 0) is 0 Å². The van der Waals surface area contributed by atoms with Crippen molar-refractivity contribution >= 4 is 11.8 Å². The van der Waals surface area contributed by atoms with Crippen LogP contribution in [0.25, 0.3) is 0 Å². The summed E-state index contributed by atoms with van der Waals surface area (Å²) in [5, 5.41) is 22.3. The molecule has 4 heterocycles. The second kappa shape index (κ2) is 9.49. The Morgan fingerprint density at radius 1 is 0.732 bits per heavy atom. The van der Waals surface area contributed by atoms with Crippen LogP contribution in [0.4, 0.5) is 0 Å². The minimum absolute atomic E-state index is 0.152. The van der Waals surface area contributed by atoms with Crippen molar-refractivity contribution in [2.75, 3.05) is 39.4 Å². The lowest BCUT2D eigenvalue weighted by Crippen LogP contribution is -2.64. The van der Waals surface area contributed by atoms with Crippen molar-refractivity contribution in [3.8, 4) is 23.0 Å². The van der Waals surface area contributed by atoms with Gasteiger partial charge in [-0.2, -0.15) is 0 Å². The Morgan fingerprint density at radius 3 is 1.49 bits per heavy atom. The highest BCUT2D eigenvalue weighted by molar-refractivity contribution is 5.96. The van der Waals surface area contributed by atoms with Crippen LogP contribution in [0.3, 0.4) is 0 Å². The van der Waals surface area contributed by atoms with Crippen molar-refractivity contribution in [2.24, 2.45) is 10.8 Å². The molecule has 2 fully saturated rings. The monoisotopic (exact) mass is 568 g/mol. The van der Waals surface area contributed by atoms with Crippen molar-refractivity contribution in [1.82, 2.24) is 9.80 Å². The van der Waals surface area contributed by atoms with Gasteiger partial charge in [-0.15, -0.1) is 0 Å². The van der Waals surface area contributed by atoms with Crippen LogP contribution < -0.4 is 18.9 Å². The fourth-order valence-corrected chi connectivity index (χ4v) is 6.56. The molecular formula is C27H28N4O10. The lowest BCUT2D eigenvalue weighted by atomic mass is 9.65. The number of carbonyl (C=O) groups is 2. The van der Waals surface area contributed by atoms with Crippen molar-refractivity contribution in [3.63, 3.8) is 0 Å². The molecule has 0 spiro atoms. The van der Waals surface area contributed by atoms with Gasteiger partial charge in [-0.25, -0.2) is 0 Å². The maximum atomic E-state index is 13.6. The number of nitrogens with zero attached hydrogens (tertiary/aromatic N) is 4. The summed E-state index contributed by atoms with van der Waals surface area (Å²) in [6.07, 6.45) is -1.87. The third-order valence-electron chi connectivity index (χ3n) is 7.86. The zero-order valence-corrected chi connectivity index (χ0v) is 22.4. The van der Waals surface area contributed by atoms with Crippen molar-refractivity contribution in [2.45, 2.75) is 32.7 Å². The minimum atomic E-state index is -1.34. The second-order valence-corrected chi connectivity index (χ2v) is 11.8. The number of benzene rings is 2. The standard InChI is InChI=1S/C27H28N4O10/c1-26-11-27(2,14-28(12-26)24(32)16-3-5-18-20(7-16)40-22(9-38-18)30(34)35)15-29(13-26)25(33)17-4-6-19-21(8-17)41-23(10-39-19)31(36)37/h3-8,22-23H,9-15H2,1-2H3. The lowest BCUT2D eigenvalue weighted by molar-refractivity contribution is -0.567. The Bertz CT molecular complexity index is 1340. The van der Waals surface area contributed by atoms with Gasteiger partial charge in [0, 0.05) is 48.1 Å². The number of piperidine rings is 2. The number of fused-ring (bicyclic) bond motifs is 4. The lowest BCUT2D eigenvalue weighted by Gasteiger charge is -2.56. The fraction of sp³-hybridized carbons (Fsp3) is 0.481. The summed E-state index contributed by atoms with van der Waals surface area (Å²) >= 11 is 0. The van der Waals surface area contributed by atoms with Crippen molar-refractivity contribution in [3.05, 3.63) is 67.8 Å². The van der Waals surface area contributed by atoms with Crippen LogP contribution in [0, 0.1) is 31.1 Å². The predicted octanol–water partition coefficient (Wildman–Crippen LogP) is 2.45. The second-order valence-electron chi connectivity index (χ2n) is 11.8. The molecule has 6 rings (SSSR count). The van der Waals surface area contributed by atoms with Crippen LogP contribution >= 0.6 is 0 Å². The van der Waals surface area contributed by atoms with E-state index in [9.17, 15) is 29.8 Å². The van der Waals surface area contributed by atoms with E-state index in [0.717, 1.165) is 6.42 Å². The molecule has 2 unspecified atom stereocenters. The summed E-state index contributed by atoms with van der Waals surface area (Å²) in [6, 6.07) is 9.34. The summed E-state index contributed by atoms with van der Waals surface area (Å²) in [7, 11) is 0. The zero-order chi connectivity index (χ0) is 29.1. The molecule has 2 amide bonds. The molecule has 41 heavy (non-hydrogen) atoms. The number of hydrogen-bond acceptors (Lipinski definition) is 10. The van der Waals surface area contributed by atoms with E-state index in [1.54, 1.807) is 34.1 Å². The summed E-state index contributed by atoms with van der Waals surface area (Å²) in [6.45, 7) is 5.29. The van der Waals surface area contributed by atoms with E-state index in [2.05, 4.69) is 0 Å². The highest BCUT2D eigenvalue weighted by Crippen LogP contribution is 2.46. The molecule has 2 bridgehead atoms. The summed E-state index contributed by atoms with van der Waals surface area (Å²) < 4.78 is 21.7. The molecule has 2 aromatic carbocycles.